The number of ether oxygens (including phenoxy) is 1. The molecule has 2 heterocycles. The van der Waals surface area contributed by atoms with Gasteiger partial charge in [0, 0.05) is 20.1 Å². The third-order valence-electron chi connectivity index (χ3n) is 3.95. The molecule has 21 heavy (non-hydrogen) atoms. The van der Waals surface area contributed by atoms with Crippen molar-refractivity contribution in [3.05, 3.63) is 11.8 Å². The van der Waals surface area contributed by atoms with E-state index in [1.807, 2.05) is 0 Å². The van der Waals surface area contributed by atoms with Gasteiger partial charge in [0.15, 0.2) is 0 Å². The molecule has 0 aliphatic carbocycles. The molecule has 1 unspecified atom stereocenters. The summed E-state index contributed by atoms with van der Waals surface area (Å²) in [5.74, 6) is 0.816. The standard InChI is InChI=1S/C15H26N4O2/c1-12(11-19-7-5-4-6-8-19)9-16-14(20)13-10-17-18(2)15(13)21-3/h10,12H,4-9,11H2,1-3H3,(H,16,20). The largest absolute Gasteiger partial charge is 0.481 e. The Kier molecular flexibility index (Phi) is 5.61. The maximum absolute atomic E-state index is 12.2. The van der Waals surface area contributed by atoms with Crippen molar-refractivity contribution in [2.75, 3.05) is 33.3 Å². The summed E-state index contributed by atoms with van der Waals surface area (Å²) in [5.41, 5.74) is 0.491. The summed E-state index contributed by atoms with van der Waals surface area (Å²) in [6.45, 7) is 6.27. The Hall–Kier alpha value is -1.56. The first kappa shape index (κ1) is 15.8. The fourth-order valence-electron chi connectivity index (χ4n) is 2.83. The number of carbonyl (C=O) groups is 1. The number of aromatic nitrogens is 2. The minimum atomic E-state index is -0.120. The quantitative estimate of drug-likeness (QED) is 0.858. The predicted molar refractivity (Wildman–Crippen MR) is 81.5 cm³/mol. The van der Waals surface area contributed by atoms with Crippen molar-refractivity contribution in [2.24, 2.45) is 13.0 Å². The summed E-state index contributed by atoms with van der Waals surface area (Å²) in [6, 6.07) is 0. The van der Waals surface area contributed by atoms with Gasteiger partial charge in [-0.25, -0.2) is 4.68 Å². The van der Waals surface area contributed by atoms with Crippen molar-refractivity contribution in [1.29, 1.82) is 0 Å². The molecule has 6 nitrogen and oxygen atoms in total. The minimum absolute atomic E-state index is 0.120. The summed E-state index contributed by atoms with van der Waals surface area (Å²) in [5, 5.41) is 7.03. The minimum Gasteiger partial charge on any atom is -0.481 e. The normalized spacial score (nSPS) is 17.5. The Labute approximate surface area is 126 Å². The lowest BCUT2D eigenvalue weighted by Crippen LogP contribution is -2.38. The number of methoxy groups -OCH3 is 1. The number of nitrogens with one attached hydrogen (secondary N) is 1. The number of likely N-dealkylation sites (tertiary alicyclic amines) is 1. The lowest BCUT2D eigenvalue weighted by molar-refractivity contribution is 0.0939. The van der Waals surface area contributed by atoms with Gasteiger partial charge in [-0.1, -0.05) is 13.3 Å². The van der Waals surface area contributed by atoms with E-state index < -0.39 is 0 Å². The first-order valence-corrected chi connectivity index (χ1v) is 7.68. The second-order valence-corrected chi connectivity index (χ2v) is 5.87. The molecule has 1 aliphatic rings. The number of piperidine rings is 1. The molecule has 0 saturated carbocycles. The molecule has 2 rings (SSSR count). The molecular formula is C15H26N4O2. The predicted octanol–water partition coefficient (Wildman–Crippen LogP) is 1.28. The van der Waals surface area contributed by atoms with Crippen LogP contribution in [-0.4, -0.2) is 53.9 Å². The van der Waals surface area contributed by atoms with Crippen molar-refractivity contribution < 1.29 is 9.53 Å². The maximum Gasteiger partial charge on any atom is 0.258 e. The van der Waals surface area contributed by atoms with E-state index in [4.69, 9.17) is 4.74 Å². The van der Waals surface area contributed by atoms with Crippen molar-refractivity contribution in [3.63, 3.8) is 0 Å². The van der Waals surface area contributed by atoms with Gasteiger partial charge in [0.1, 0.15) is 5.56 Å². The van der Waals surface area contributed by atoms with E-state index in [0.29, 0.717) is 23.9 Å². The van der Waals surface area contributed by atoms with Gasteiger partial charge in [0.05, 0.1) is 13.3 Å². The van der Waals surface area contributed by atoms with Crippen molar-refractivity contribution >= 4 is 5.91 Å². The smallest absolute Gasteiger partial charge is 0.258 e. The summed E-state index contributed by atoms with van der Waals surface area (Å²) < 4.78 is 6.76. The Morgan fingerprint density at radius 2 is 2.14 bits per heavy atom. The summed E-state index contributed by atoms with van der Waals surface area (Å²) in [7, 11) is 3.31. The molecule has 1 aliphatic heterocycles. The number of amides is 1. The van der Waals surface area contributed by atoms with E-state index in [2.05, 4.69) is 22.2 Å². The topological polar surface area (TPSA) is 59.4 Å². The fourth-order valence-corrected chi connectivity index (χ4v) is 2.83. The first-order chi connectivity index (χ1) is 10.1. The number of rotatable bonds is 6. The van der Waals surface area contributed by atoms with E-state index in [9.17, 15) is 4.79 Å². The molecule has 0 spiro atoms. The van der Waals surface area contributed by atoms with E-state index in [0.717, 1.165) is 6.54 Å². The average molecular weight is 294 g/mol. The van der Waals surface area contributed by atoms with Crippen molar-refractivity contribution in [2.45, 2.75) is 26.2 Å². The second-order valence-electron chi connectivity index (χ2n) is 5.87. The van der Waals surface area contributed by atoms with Gasteiger partial charge in [-0.3, -0.25) is 4.79 Å². The van der Waals surface area contributed by atoms with Gasteiger partial charge in [-0.2, -0.15) is 5.10 Å². The van der Waals surface area contributed by atoms with Crippen LogP contribution in [0.25, 0.3) is 0 Å². The van der Waals surface area contributed by atoms with Gasteiger partial charge in [0.2, 0.25) is 5.88 Å². The molecule has 6 heteroatoms. The number of nitrogens with zero attached hydrogens (tertiary/aromatic N) is 3. The third-order valence-corrected chi connectivity index (χ3v) is 3.95. The molecular weight excluding hydrogens is 268 g/mol. The third kappa shape index (κ3) is 4.20. The molecule has 1 fully saturated rings. The summed E-state index contributed by atoms with van der Waals surface area (Å²) >= 11 is 0. The van der Waals surface area contributed by atoms with E-state index in [-0.39, 0.29) is 5.91 Å². The monoisotopic (exact) mass is 294 g/mol. The van der Waals surface area contributed by atoms with Crippen LogP contribution in [0.5, 0.6) is 5.88 Å². The van der Waals surface area contributed by atoms with Gasteiger partial charge < -0.3 is 15.0 Å². The van der Waals surface area contributed by atoms with Crippen LogP contribution in [0.1, 0.15) is 36.5 Å². The van der Waals surface area contributed by atoms with E-state index in [1.165, 1.54) is 32.4 Å². The van der Waals surface area contributed by atoms with Crippen LogP contribution >= 0.6 is 0 Å². The van der Waals surface area contributed by atoms with Gasteiger partial charge in [-0.05, 0) is 31.8 Å². The average Bonchev–Trinajstić information content (AvgIpc) is 2.86. The number of aryl methyl sites for hydroxylation is 1. The first-order valence-electron chi connectivity index (χ1n) is 7.68. The molecule has 1 atom stereocenters. The van der Waals surface area contributed by atoms with Gasteiger partial charge in [0.25, 0.3) is 5.91 Å². The lowest BCUT2D eigenvalue weighted by atomic mass is 10.1. The molecule has 118 valence electrons. The van der Waals surface area contributed by atoms with Crippen LogP contribution in [0, 0.1) is 5.92 Å². The molecule has 1 amide bonds. The Balaban J connectivity index is 1.80. The van der Waals surface area contributed by atoms with Crippen LogP contribution in [0.3, 0.4) is 0 Å². The van der Waals surface area contributed by atoms with Gasteiger partial charge in [-0.15, -0.1) is 0 Å². The Morgan fingerprint density at radius 1 is 1.43 bits per heavy atom. The molecule has 1 aromatic heterocycles. The van der Waals surface area contributed by atoms with Crippen LogP contribution < -0.4 is 10.1 Å². The Bertz CT molecular complexity index is 466. The van der Waals surface area contributed by atoms with Crippen LogP contribution in [0.2, 0.25) is 0 Å². The van der Waals surface area contributed by atoms with E-state index in [1.54, 1.807) is 25.0 Å². The number of carbonyl (C=O) groups excluding carboxylic acids is 1. The highest BCUT2D eigenvalue weighted by Crippen LogP contribution is 2.16. The number of hydrogen-bond donors (Lipinski definition) is 1. The highest BCUT2D eigenvalue weighted by molar-refractivity contribution is 5.96. The van der Waals surface area contributed by atoms with Crippen molar-refractivity contribution in [3.8, 4) is 5.88 Å². The number of hydrogen-bond acceptors (Lipinski definition) is 4. The molecule has 0 aromatic carbocycles. The van der Waals surface area contributed by atoms with E-state index >= 15 is 0 Å². The molecule has 1 saturated heterocycles. The second kappa shape index (κ2) is 7.45. The fraction of sp³-hybridized carbons (Fsp3) is 0.733. The SMILES string of the molecule is COc1c(C(=O)NCC(C)CN2CCCCC2)cnn1C. The molecule has 0 radical (unpaired) electrons. The summed E-state index contributed by atoms with van der Waals surface area (Å²) in [4.78, 5) is 14.7. The Morgan fingerprint density at radius 3 is 2.81 bits per heavy atom. The zero-order valence-corrected chi connectivity index (χ0v) is 13.3. The van der Waals surface area contributed by atoms with Crippen LogP contribution in [0.4, 0.5) is 0 Å². The molecule has 1 N–H and O–H groups in total. The molecule has 0 bridgehead atoms. The summed E-state index contributed by atoms with van der Waals surface area (Å²) in [6.07, 6.45) is 5.49. The highest BCUT2D eigenvalue weighted by Gasteiger charge is 2.18. The molecule has 1 aromatic rings. The zero-order valence-electron chi connectivity index (χ0n) is 13.3. The van der Waals surface area contributed by atoms with Crippen LogP contribution in [0.15, 0.2) is 6.20 Å². The maximum atomic E-state index is 12.2. The van der Waals surface area contributed by atoms with Crippen LogP contribution in [-0.2, 0) is 7.05 Å². The highest BCUT2D eigenvalue weighted by atomic mass is 16.5. The van der Waals surface area contributed by atoms with Gasteiger partial charge >= 0.3 is 0 Å². The zero-order chi connectivity index (χ0) is 15.2. The van der Waals surface area contributed by atoms with Crippen molar-refractivity contribution in [1.82, 2.24) is 20.0 Å². The lowest BCUT2D eigenvalue weighted by Gasteiger charge is -2.29.